The Morgan fingerprint density at radius 2 is 1.23 bits per heavy atom. The van der Waals surface area contributed by atoms with Crippen LogP contribution >= 0.6 is 0 Å². The molecule has 0 aliphatic carbocycles. The predicted molar refractivity (Wildman–Crippen MR) is 115 cm³/mol. The number of aromatic nitrogens is 3. The van der Waals surface area contributed by atoms with Gasteiger partial charge in [0, 0.05) is 12.4 Å². The molecule has 152 valence electrons. The van der Waals surface area contributed by atoms with E-state index in [-0.39, 0.29) is 11.1 Å². The highest BCUT2D eigenvalue weighted by atomic mass is 16.4. The molecule has 0 spiro atoms. The van der Waals surface area contributed by atoms with E-state index in [1.807, 2.05) is 43.3 Å². The zero-order chi connectivity index (χ0) is 22.0. The van der Waals surface area contributed by atoms with Crippen molar-refractivity contribution in [1.29, 1.82) is 0 Å². The maximum absolute atomic E-state index is 11.4. The summed E-state index contributed by atoms with van der Waals surface area (Å²) in [5.41, 5.74) is 4.76. The van der Waals surface area contributed by atoms with Gasteiger partial charge in [0.05, 0.1) is 33.9 Å². The van der Waals surface area contributed by atoms with Gasteiger partial charge in [-0.05, 0) is 60.0 Å². The van der Waals surface area contributed by atoms with Crippen LogP contribution in [0.5, 0.6) is 0 Å². The molecule has 7 heteroatoms. The van der Waals surface area contributed by atoms with Gasteiger partial charge in [-0.15, -0.1) is 0 Å². The second-order valence-corrected chi connectivity index (χ2v) is 6.91. The first-order valence-electron chi connectivity index (χ1n) is 9.40. The summed E-state index contributed by atoms with van der Waals surface area (Å²) >= 11 is 0. The van der Waals surface area contributed by atoms with Crippen LogP contribution in [0.3, 0.4) is 0 Å². The Morgan fingerprint density at radius 1 is 0.710 bits per heavy atom. The van der Waals surface area contributed by atoms with Crippen LogP contribution in [0.1, 0.15) is 26.3 Å². The third kappa shape index (κ3) is 4.16. The van der Waals surface area contributed by atoms with Crippen LogP contribution in [0.2, 0.25) is 0 Å². The number of carboxylic acid groups (broad SMARTS) is 2. The van der Waals surface area contributed by atoms with Crippen molar-refractivity contribution in [3.63, 3.8) is 0 Å². The van der Waals surface area contributed by atoms with Crippen molar-refractivity contribution in [3.05, 3.63) is 89.7 Å². The highest BCUT2D eigenvalue weighted by Crippen LogP contribution is 2.31. The summed E-state index contributed by atoms with van der Waals surface area (Å²) in [6, 6.07) is 17.2. The molecule has 1 aromatic carbocycles. The smallest absolute Gasteiger partial charge is 0.335 e. The number of aromatic carboxylic acids is 2. The van der Waals surface area contributed by atoms with E-state index in [1.54, 1.807) is 0 Å². The van der Waals surface area contributed by atoms with Crippen LogP contribution < -0.4 is 0 Å². The summed E-state index contributed by atoms with van der Waals surface area (Å²) < 4.78 is 0. The number of carbonyl (C=O) groups is 2. The maximum Gasteiger partial charge on any atom is 0.335 e. The molecule has 0 unspecified atom stereocenters. The van der Waals surface area contributed by atoms with Crippen molar-refractivity contribution in [3.8, 4) is 33.9 Å². The molecule has 0 radical (unpaired) electrons. The minimum atomic E-state index is -1.06. The molecule has 0 aliphatic heterocycles. The molecule has 0 aliphatic rings. The first-order chi connectivity index (χ1) is 14.9. The normalized spacial score (nSPS) is 10.6. The molecule has 2 N–H and O–H groups in total. The average molecular weight is 411 g/mol. The lowest BCUT2D eigenvalue weighted by Gasteiger charge is -2.11. The Bertz CT molecular complexity index is 1240. The lowest BCUT2D eigenvalue weighted by Crippen LogP contribution is -2.00. The molecule has 0 amide bonds. The van der Waals surface area contributed by atoms with Crippen molar-refractivity contribution in [2.75, 3.05) is 0 Å². The standard InChI is InChI=1S/C24H17N3O4/c1-14-4-2-3-5-18(14)17-12-21(19-10-15(23(28)29)6-8-25-19)27-22(13-17)20-11-16(24(30)31)7-9-26-20/h2-13H,1H3,(H,28,29)(H,30,31). The quantitative estimate of drug-likeness (QED) is 0.494. The first kappa shape index (κ1) is 19.9. The third-order valence-corrected chi connectivity index (χ3v) is 4.82. The molecule has 0 saturated heterocycles. The minimum absolute atomic E-state index is 0.0978. The van der Waals surface area contributed by atoms with E-state index in [0.29, 0.717) is 22.8 Å². The largest absolute Gasteiger partial charge is 0.478 e. The van der Waals surface area contributed by atoms with Crippen LogP contribution in [0.4, 0.5) is 0 Å². The SMILES string of the molecule is Cc1ccccc1-c1cc(-c2cc(C(=O)O)ccn2)nc(-c2cc(C(=O)O)ccn2)c1. The number of rotatable bonds is 5. The first-order valence-corrected chi connectivity index (χ1v) is 9.40. The molecular formula is C24H17N3O4. The number of nitrogens with zero attached hydrogens (tertiary/aromatic N) is 3. The fourth-order valence-corrected chi connectivity index (χ4v) is 3.25. The fraction of sp³-hybridized carbons (Fsp3) is 0.0417. The number of benzene rings is 1. The Hall–Kier alpha value is -4.39. The number of hydrogen-bond donors (Lipinski definition) is 2. The lowest BCUT2D eigenvalue weighted by atomic mass is 9.98. The molecule has 0 atom stereocenters. The van der Waals surface area contributed by atoms with Crippen LogP contribution in [-0.4, -0.2) is 37.1 Å². The molecule has 3 heterocycles. The second-order valence-electron chi connectivity index (χ2n) is 6.91. The number of carboxylic acids is 2. The summed E-state index contributed by atoms with van der Waals surface area (Å²) in [5, 5.41) is 18.7. The van der Waals surface area contributed by atoms with Crippen LogP contribution in [-0.2, 0) is 0 Å². The van der Waals surface area contributed by atoms with E-state index in [1.165, 1.54) is 36.7 Å². The Labute approximate surface area is 177 Å². The van der Waals surface area contributed by atoms with Gasteiger partial charge < -0.3 is 10.2 Å². The minimum Gasteiger partial charge on any atom is -0.478 e. The summed E-state index contributed by atoms with van der Waals surface area (Å²) in [6.45, 7) is 1.99. The molecule has 0 fully saturated rings. The second kappa shape index (κ2) is 8.16. The van der Waals surface area contributed by atoms with Crippen LogP contribution in [0.15, 0.2) is 73.1 Å². The van der Waals surface area contributed by atoms with Gasteiger partial charge in [-0.25, -0.2) is 14.6 Å². The van der Waals surface area contributed by atoms with E-state index >= 15 is 0 Å². The van der Waals surface area contributed by atoms with Gasteiger partial charge in [-0.2, -0.15) is 0 Å². The van der Waals surface area contributed by atoms with E-state index < -0.39 is 11.9 Å². The lowest BCUT2D eigenvalue weighted by molar-refractivity contribution is 0.0686. The molecule has 0 saturated carbocycles. The van der Waals surface area contributed by atoms with Crippen molar-refractivity contribution >= 4 is 11.9 Å². The molecule has 4 aromatic rings. The molecule has 4 rings (SSSR count). The van der Waals surface area contributed by atoms with E-state index in [0.717, 1.165) is 16.7 Å². The van der Waals surface area contributed by atoms with Gasteiger partial charge in [0.2, 0.25) is 0 Å². The molecule has 0 bridgehead atoms. The zero-order valence-electron chi connectivity index (χ0n) is 16.5. The van der Waals surface area contributed by atoms with Gasteiger partial charge in [0.25, 0.3) is 0 Å². The Morgan fingerprint density at radius 3 is 1.71 bits per heavy atom. The molecule has 31 heavy (non-hydrogen) atoms. The maximum atomic E-state index is 11.4. The predicted octanol–water partition coefficient (Wildman–Crippen LogP) is 4.58. The zero-order valence-corrected chi connectivity index (χ0v) is 16.5. The molecule has 7 nitrogen and oxygen atoms in total. The Balaban J connectivity index is 1.95. The topological polar surface area (TPSA) is 113 Å². The summed E-state index contributed by atoms with van der Waals surface area (Å²) in [4.78, 5) is 36.0. The van der Waals surface area contributed by atoms with Gasteiger partial charge in [0.15, 0.2) is 0 Å². The van der Waals surface area contributed by atoms with Gasteiger partial charge in [-0.1, -0.05) is 24.3 Å². The van der Waals surface area contributed by atoms with Gasteiger partial charge in [-0.3, -0.25) is 9.97 Å². The van der Waals surface area contributed by atoms with E-state index in [2.05, 4.69) is 15.0 Å². The van der Waals surface area contributed by atoms with E-state index in [4.69, 9.17) is 0 Å². The highest BCUT2D eigenvalue weighted by Gasteiger charge is 2.14. The molecular weight excluding hydrogens is 394 g/mol. The van der Waals surface area contributed by atoms with Crippen LogP contribution in [0.25, 0.3) is 33.9 Å². The van der Waals surface area contributed by atoms with Crippen molar-refractivity contribution < 1.29 is 19.8 Å². The van der Waals surface area contributed by atoms with Crippen molar-refractivity contribution in [1.82, 2.24) is 15.0 Å². The number of aryl methyl sites for hydroxylation is 1. The highest BCUT2D eigenvalue weighted by molar-refractivity contribution is 5.90. The number of pyridine rings is 3. The fourth-order valence-electron chi connectivity index (χ4n) is 3.25. The summed E-state index contributed by atoms with van der Waals surface area (Å²) in [6.07, 6.45) is 2.84. The summed E-state index contributed by atoms with van der Waals surface area (Å²) in [7, 11) is 0. The monoisotopic (exact) mass is 411 g/mol. The van der Waals surface area contributed by atoms with Crippen molar-refractivity contribution in [2.24, 2.45) is 0 Å². The summed E-state index contributed by atoms with van der Waals surface area (Å²) in [5.74, 6) is -2.12. The van der Waals surface area contributed by atoms with Crippen LogP contribution in [0, 0.1) is 6.92 Å². The Kier molecular flexibility index (Phi) is 5.24. The van der Waals surface area contributed by atoms with Gasteiger partial charge in [0.1, 0.15) is 0 Å². The number of hydrogen-bond acceptors (Lipinski definition) is 5. The van der Waals surface area contributed by atoms with E-state index in [9.17, 15) is 19.8 Å². The third-order valence-electron chi connectivity index (χ3n) is 4.82. The molecule has 3 aromatic heterocycles. The van der Waals surface area contributed by atoms with Crippen molar-refractivity contribution in [2.45, 2.75) is 6.92 Å². The average Bonchev–Trinajstić information content (AvgIpc) is 2.79. The van der Waals surface area contributed by atoms with Gasteiger partial charge >= 0.3 is 11.9 Å².